The summed E-state index contributed by atoms with van der Waals surface area (Å²) in [6.45, 7) is 2.43. The molecule has 0 N–H and O–H groups in total. The number of hydrogen-bond donors (Lipinski definition) is 0. The summed E-state index contributed by atoms with van der Waals surface area (Å²) in [4.78, 5) is 42.7. The number of carbonyl (C=O) groups is 3. The lowest BCUT2D eigenvalue weighted by Gasteiger charge is -2.32. The number of ether oxygens (including phenoxy) is 1. The Kier molecular flexibility index (Phi) is 4.22. The number of hydrogen-bond acceptors (Lipinski definition) is 4. The molecule has 4 rings (SSSR count). The van der Waals surface area contributed by atoms with Crippen LogP contribution in [0.3, 0.4) is 0 Å². The average molecular weight is 378 g/mol. The first kappa shape index (κ1) is 18.2. The highest BCUT2D eigenvalue weighted by Gasteiger charge is 2.55. The van der Waals surface area contributed by atoms with Gasteiger partial charge < -0.3 is 14.5 Å². The molecule has 0 unspecified atom stereocenters. The van der Waals surface area contributed by atoms with E-state index in [1.54, 1.807) is 72.5 Å². The summed E-state index contributed by atoms with van der Waals surface area (Å²) in [5.41, 5.74) is 0.503. The first-order chi connectivity index (χ1) is 13.4. The van der Waals surface area contributed by atoms with E-state index in [9.17, 15) is 14.4 Å². The number of methoxy groups -OCH3 is 1. The summed E-state index contributed by atoms with van der Waals surface area (Å²) >= 11 is 0. The molecule has 2 amide bonds. The number of amides is 2. The van der Waals surface area contributed by atoms with Crippen molar-refractivity contribution < 1.29 is 19.1 Å². The van der Waals surface area contributed by atoms with Crippen molar-refractivity contribution in [2.75, 3.05) is 27.2 Å². The van der Waals surface area contributed by atoms with Gasteiger partial charge in [0.05, 0.1) is 24.1 Å². The van der Waals surface area contributed by atoms with Crippen LogP contribution in [0.5, 0.6) is 5.75 Å². The van der Waals surface area contributed by atoms with E-state index >= 15 is 0 Å². The minimum Gasteiger partial charge on any atom is -0.497 e. The number of benzene rings is 2. The molecule has 0 saturated carbocycles. The van der Waals surface area contributed by atoms with Gasteiger partial charge in [0.15, 0.2) is 5.78 Å². The maximum atomic E-state index is 13.4. The van der Waals surface area contributed by atoms with Gasteiger partial charge in [0, 0.05) is 31.3 Å². The van der Waals surface area contributed by atoms with Gasteiger partial charge in [-0.1, -0.05) is 24.3 Å². The van der Waals surface area contributed by atoms with Crippen LogP contribution in [-0.4, -0.2) is 60.7 Å². The van der Waals surface area contributed by atoms with E-state index < -0.39 is 5.41 Å². The van der Waals surface area contributed by atoms with Crippen molar-refractivity contribution in [1.82, 2.24) is 9.80 Å². The fraction of sp³-hybridized carbons (Fsp3) is 0.318. The highest BCUT2D eigenvalue weighted by molar-refractivity contribution is 6.13. The lowest BCUT2D eigenvalue weighted by molar-refractivity contribution is 0.0606. The first-order valence-electron chi connectivity index (χ1n) is 9.21. The molecule has 0 bridgehead atoms. The maximum absolute atomic E-state index is 13.4. The van der Waals surface area contributed by atoms with E-state index in [2.05, 4.69) is 0 Å². The van der Waals surface area contributed by atoms with Crippen molar-refractivity contribution in [3.63, 3.8) is 0 Å². The summed E-state index contributed by atoms with van der Waals surface area (Å²) in [7, 11) is 3.26. The van der Waals surface area contributed by atoms with Crippen LogP contribution >= 0.6 is 0 Å². The molecule has 2 aliphatic rings. The van der Waals surface area contributed by atoms with Gasteiger partial charge in [-0.25, -0.2) is 0 Å². The molecule has 0 aromatic heterocycles. The van der Waals surface area contributed by atoms with Crippen molar-refractivity contribution in [2.45, 2.75) is 13.0 Å². The molecule has 1 saturated heterocycles. The van der Waals surface area contributed by atoms with E-state index in [4.69, 9.17) is 4.74 Å². The molecule has 2 aromatic rings. The lowest BCUT2D eigenvalue weighted by Crippen LogP contribution is -2.48. The molecule has 144 valence electrons. The zero-order valence-electron chi connectivity index (χ0n) is 16.1. The molecule has 2 aliphatic heterocycles. The smallest absolute Gasteiger partial charge is 0.254 e. The molecule has 28 heavy (non-hydrogen) atoms. The summed E-state index contributed by atoms with van der Waals surface area (Å²) in [6.07, 6.45) is 0. The number of carbonyl (C=O) groups excluding carboxylic acids is 3. The van der Waals surface area contributed by atoms with E-state index in [-0.39, 0.29) is 30.2 Å². The van der Waals surface area contributed by atoms with Gasteiger partial charge in [-0.15, -0.1) is 0 Å². The SMILES string of the molecule is COc1cccc(C(=O)N2C[C@H]3N(C)C(=O)c4ccccc4C(=O)[C@@]3(C)C2)c1. The molecule has 2 heterocycles. The third-order valence-electron chi connectivity index (χ3n) is 5.96. The Bertz CT molecular complexity index is 986. The van der Waals surface area contributed by atoms with Crippen molar-refractivity contribution in [2.24, 2.45) is 5.41 Å². The maximum Gasteiger partial charge on any atom is 0.254 e. The highest BCUT2D eigenvalue weighted by atomic mass is 16.5. The number of nitrogens with zero attached hydrogens (tertiary/aromatic N) is 2. The number of likely N-dealkylation sites (tertiary alicyclic amines) is 1. The summed E-state index contributed by atoms with van der Waals surface area (Å²) in [5.74, 6) is 0.151. The van der Waals surface area contributed by atoms with Gasteiger partial charge >= 0.3 is 0 Å². The van der Waals surface area contributed by atoms with E-state index in [1.165, 1.54) is 0 Å². The Labute approximate surface area is 163 Å². The van der Waals surface area contributed by atoms with E-state index in [0.717, 1.165) is 0 Å². The zero-order chi connectivity index (χ0) is 20.1. The third kappa shape index (κ3) is 2.59. The summed E-state index contributed by atoms with van der Waals surface area (Å²) in [6, 6.07) is 13.5. The molecule has 1 fully saturated rings. The molecule has 0 aliphatic carbocycles. The Morgan fingerprint density at radius 1 is 1.11 bits per heavy atom. The lowest BCUT2D eigenvalue weighted by atomic mass is 9.78. The van der Waals surface area contributed by atoms with Crippen LogP contribution in [0, 0.1) is 5.41 Å². The summed E-state index contributed by atoms with van der Waals surface area (Å²) in [5, 5.41) is 0. The Hall–Kier alpha value is -3.15. The second-order valence-electron chi connectivity index (χ2n) is 7.64. The molecule has 6 nitrogen and oxygen atoms in total. The second kappa shape index (κ2) is 6.48. The normalized spacial score (nSPS) is 23.9. The number of rotatable bonds is 2. The largest absolute Gasteiger partial charge is 0.497 e. The molecule has 0 radical (unpaired) electrons. The quantitative estimate of drug-likeness (QED) is 0.805. The van der Waals surface area contributed by atoms with Gasteiger partial charge in [-0.2, -0.15) is 0 Å². The zero-order valence-corrected chi connectivity index (χ0v) is 16.1. The van der Waals surface area contributed by atoms with Crippen LogP contribution in [0.1, 0.15) is 38.0 Å². The van der Waals surface area contributed by atoms with Gasteiger partial charge in [0.2, 0.25) is 0 Å². The minimum atomic E-state index is -0.856. The van der Waals surface area contributed by atoms with Crippen LogP contribution in [-0.2, 0) is 0 Å². The number of ketones is 1. The van der Waals surface area contributed by atoms with Crippen LogP contribution in [0.25, 0.3) is 0 Å². The Morgan fingerprint density at radius 2 is 1.82 bits per heavy atom. The van der Waals surface area contributed by atoms with Crippen LogP contribution in [0.4, 0.5) is 0 Å². The van der Waals surface area contributed by atoms with Gasteiger partial charge in [-0.05, 0) is 31.2 Å². The standard InChI is InChI=1S/C22H22N2O4/c1-22-13-24(20(26)14-7-6-8-15(11-14)28-3)12-18(22)23(2)21(27)17-10-5-4-9-16(17)19(22)25/h4-11,18H,12-13H2,1-3H3/t18-,22+/m1/s1. The molecular formula is C22H22N2O4. The molecule has 2 atom stereocenters. The number of likely N-dealkylation sites (N-methyl/N-ethyl adjacent to an activating group) is 1. The molecule has 0 spiro atoms. The van der Waals surface area contributed by atoms with Gasteiger partial charge in [0.1, 0.15) is 5.75 Å². The van der Waals surface area contributed by atoms with E-state index in [1.807, 2.05) is 6.92 Å². The van der Waals surface area contributed by atoms with Crippen molar-refractivity contribution >= 4 is 17.6 Å². The number of fused-ring (bicyclic) bond motifs is 2. The Balaban J connectivity index is 1.71. The topological polar surface area (TPSA) is 66.9 Å². The fourth-order valence-electron chi connectivity index (χ4n) is 4.35. The fourth-order valence-corrected chi connectivity index (χ4v) is 4.35. The average Bonchev–Trinajstić information content (AvgIpc) is 3.07. The summed E-state index contributed by atoms with van der Waals surface area (Å²) < 4.78 is 5.21. The van der Waals surface area contributed by atoms with E-state index in [0.29, 0.717) is 29.0 Å². The molecule has 2 aromatic carbocycles. The molecule has 6 heteroatoms. The van der Waals surface area contributed by atoms with Crippen LogP contribution in [0.15, 0.2) is 48.5 Å². The highest BCUT2D eigenvalue weighted by Crippen LogP contribution is 2.41. The number of Topliss-reactive ketones (excluding diaryl/α,β-unsaturated/α-hetero) is 1. The van der Waals surface area contributed by atoms with Crippen molar-refractivity contribution in [3.05, 3.63) is 65.2 Å². The van der Waals surface area contributed by atoms with Crippen molar-refractivity contribution in [1.29, 1.82) is 0 Å². The first-order valence-corrected chi connectivity index (χ1v) is 9.21. The van der Waals surface area contributed by atoms with Gasteiger partial charge in [0.25, 0.3) is 11.8 Å². The minimum absolute atomic E-state index is 0.0910. The van der Waals surface area contributed by atoms with Crippen LogP contribution in [0.2, 0.25) is 0 Å². The predicted molar refractivity (Wildman–Crippen MR) is 104 cm³/mol. The second-order valence-corrected chi connectivity index (χ2v) is 7.64. The van der Waals surface area contributed by atoms with Crippen LogP contribution < -0.4 is 4.74 Å². The Morgan fingerprint density at radius 3 is 2.54 bits per heavy atom. The monoisotopic (exact) mass is 378 g/mol. The molecular weight excluding hydrogens is 356 g/mol. The third-order valence-corrected chi connectivity index (χ3v) is 5.96. The van der Waals surface area contributed by atoms with Crippen molar-refractivity contribution in [3.8, 4) is 5.75 Å². The predicted octanol–water partition coefficient (Wildman–Crippen LogP) is 2.49. The van der Waals surface area contributed by atoms with Gasteiger partial charge in [-0.3, -0.25) is 14.4 Å².